The van der Waals surface area contributed by atoms with Crippen LogP contribution in [0.25, 0.3) is 10.8 Å². The number of methoxy groups -OCH3 is 2. The van der Waals surface area contributed by atoms with Crippen LogP contribution >= 0.6 is 0 Å². The highest BCUT2D eigenvalue weighted by atomic mass is 32.2. The van der Waals surface area contributed by atoms with Gasteiger partial charge in [-0.1, -0.05) is 24.3 Å². The standard InChI is InChI=1S/C20H19NO4S/c1-13-10-17(24-2)18(25-3)11-15(13)12-21-16-8-4-6-14-7-5-9-19(20(14)16)26(21,22)23/h4-11H,12H2,1-3H3. The summed E-state index contributed by atoms with van der Waals surface area (Å²) in [6, 6.07) is 14.8. The number of hydrogen-bond donors (Lipinski definition) is 0. The highest BCUT2D eigenvalue weighted by molar-refractivity contribution is 7.93. The lowest BCUT2D eigenvalue weighted by Crippen LogP contribution is -2.26. The zero-order chi connectivity index (χ0) is 18.5. The Kier molecular flexibility index (Phi) is 3.80. The lowest BCUT2D eigenvalue weighted by Gasteiger charge is -2.21. The van der Waals surface area contributed by atoms with Gasteiger partial charge in [-0.15, -0.1) is 0 Å². The van der Waals surface area contributed by atoms with Gasteiger partial charge in [0.15, 0.2) is 11.5 Å². The molecule has 26 heavy (non-hydrogen) atoms. The van der Waals surface area contributed by atoms with Gasteiger partial charge in [0.25, 0.3) is 10.0 Å². The van der Waals surface area contributed by atoms with Crippen molar-refractivity contribution in [2.24, 2.45) is 0 Å². The predicted octanol–water partition coefficient (Wildman–Crippen LogP) is 3.87. The molecule has 1 aliphatic rings. The van der Waals surface area contributed by atoms with Crippen LogP contribution < -0.4 is 13.8 Å². The first-order valence-electron chi connectivity index (χ1n) is 8.23. The minimum absolute atomic E-state index is 0.238. The maximum Gasteiger partial charge on any atom is 0.265 e. The number of nitrogens with zero attached hydrogens (tertiary/aromatic N) is 1. The molecule has 1 heterocycles. The fraction of sp³-hybridized carbons (Fsp3) is 0.200. The monoisotopic (exact) mass is 369 g/mol. The third kappa shape index (κ3) is 2.33. The Morgan fingerprint density at radius 3 is 2.31 bits per heavy atom. The second kappa shape index (κ2) is 5.92. The number of aryl methyl sites for hydroxylation is 1. The summed E-state index contributed by atoms with van der Waals surface area (Å²) in [7, 11) is -0.435. The number of sulfonamides is 1. The highest BCUT2D eigenvalue weighted by Gasteiger charge is 2.35. The summed E-state index contributed by atoms with van der Waals surface area (Å²) < 4.78 is 38.4. The summed E-state index contributed by atoms with van der Waals surface area (Å²) in [5.74, 6) is 1.21. The van der Waals surface area contributed by atoms with Crippen LogP contribution in [0.15, 0.2) is 53.4 Å². The van der Waals surface area contributed by atoms with E-state index in [1.54, 1.807) is 26.4 Å². The van der Waals surface area contributed by atoms with Crippen molar-refractivity contribution in [2.75, 3.05) is 18.5 Å². The Bertz CT molecular complexity index is 1120. The molecule has 6 heteroatoms. The molecule has 134 valence electrons. The molecule has 0 bridgehead atoms. The van der Waals surface area contributed by atoms with E-state index in [0.717, 1.165) is 21.9 Å². The van der Waals surface area contributed by atoms with Crippen molar-refractivity contribution in [3.63, 3.8) is 0 Å². The zero-order valence-corrected chi connectivity index (χ0v) is 15.6. The average molecular weight is 369 g/mol. The van der Waals surface area contributed by atoms with Crippen LogP contribution in [0.2, 0.25) is 0 Å². The molecular weight excluding hydrogens is 350 g/mol. The van der Waals surface area contributed by atoms with Crippen molar-refractivity contribution in [2.45, 2.75) is 18.4 Å². The molecule has 0 spiro atoms. The van der Waals surface area contributed by atoms with Crippen molar-refractivity contribution in [3.05, 3.63) is 59.7 Å². The zero-order valence-electron chi connectivity index (χ0n) is 14.8. The molecule has 1 aliphatic heterocycles. The first-order chi connectivity index (χ1) is 12.5. The second-order valence-corrected chi connectivity index (χ2v) is 8.11. The van der Waals surface area contributed by atoms with Crippen molar-refractivity contribution in [1.29, 1.82) is 0 Å². The van der Waals surface area contributed by atoms with Crippen LogP contribution in [0.3, 0.4) is 0 Å². The Morgan fingerprint density at radius 1 is 0.962 bits per heavy atom. The third-order valence-electron chi connectivity index (χ3n) is 4.84. The summed E-state index contributed by atoms with van der Waals surface area (Å²) in [6.45, 7) is 2.18. The molecule has 3 aromatic carbocycles. The fourth-order valence-electron chi connectivity index (χ4n) is 3.48. The summed E-state index contributed by atoms with van der Waals surface area (Å²) >= 11 is 0. The van der Waals surface area contributed by atoms with Gasteiger partial charge < -0.3 is 9.47 Å². The Hall–Kier alpha value is -2.73. The summed E-state index contributed by atoms with van der Waals surface area (Å²) in [6.07, 6.45) is 0. The Balaban J connectivity index is 1.85. The molecule has 0 saturated heterocycles. The molecule has 0 unspecified atom stereocenters. The van der Waals surface area contributed by atoms with Crippen molar-refractivity contribution in [1.82, 2.24) is 0 Å². The number of benzene rings is 3. The molecule has 0 atom stereocenters. The van der Waals surface area contributed by atoms with E-state index in [0.29, 0.717) is 22.1 Å². The predicted molar refractivity (Wildman–Crippen MR) is 102 cm³/mol. The van der Waals surface area contributed by atoms with E-state index in [9.17, 15) is 8.42 Å². The van der Waals surface area contributed by atoms with E-state index in [1.807, 2.05) is 43.3 Å². The fourth-order valence-corrected chi connectivity index (χ4v) is 5.16. The van der Waals surface area contributed by atoms with Crippen LogP contribution in [0, 0.1) is 6.92 Å². The number of ether oxygens (including phenoxy) is 2. The van der Waals surface area contributed by atoms with Crippen LogP contribution in [0.4, 0.5) is 5.69 Å². The topological polar surface area (TPSA) is 55.8 Å². The summed E-state index contributed by atoms with van der Waals surface area (Å²) in [5, 5.41) is 1.71. The maximum atomic E-state index is 13.1. The van der Waals surface area contributed by atoms with Gasteiger partial charge in [-0.3, -0.25) is 4.31 Å². The van der Waals surface area contributed by atoms with Crippen molar-refractivity contribution in [3.8, 4) is 11.5 Å². The van der Waals surface area contributed by atoms with Gasteiger partial charge in [-0.2, -0.15) is 0 Å². The first-order valence-corrected chi connectivity index (χ1v) is 9.67. The molecular formula is C20H19NO4S. The van der Waals surface area contributed by atoms with Gasteiger partial charge in [0, 0.05) is 5.39 Å². The quantitative estimate of drug-likeness (QED) is 0.700. The van der Waals surface area contributed by atoms with Gasteiger partial charge in [-0.25, -0.2) is 8.42 Å². The SMILES string of the molecule is COc1cc(C)c(CN2c3cccc4cccc(c34)S2(=O)=O)cc1OC. The molecule has 0 radical (unpaired) electrons. The normalized spacial score (nSPS) is 14.7. The van der Waals surface area contributed by atoms with Gasteiger partial charge in [0.2, 0.25) is 0 Å². The third-order valence-corrected chi connectivity index (χ3v) is 6.64. The second-order valence-electron chi connectivity index (χ2n) is 6.28. The van der Waals surface area contributed by atoms with Gasteiger partial charge in [-0.05, 0) is 47.7 Å². The minimum Gasteiger partial charge on any atom is -0.493 e. The molecule has 0 aromatic heterocycles. The largest absolute Gasteiger partial charge is 0.493 e. The summed E-state index contributed by atoms with van der Waals surface area (Å²) in [5.41, 5.74) is 2.53. The molecule has 0 amide bonds. The van der Waals surface area contributed by atoms with E-state index in [2.05, 4.69) is 0 Å². The lowest BCUT2D eigenvalue weighted by molar-refractivity contribution is 0.354. The van der Waals surface area contributed by atoms with Crippen LogP contribution in [-0.2, 0) is 16.6 Å². The van der Waals surface area contributed by atoms with Crippen molar-refractivity contribution >= 4 is 26.5 Å². The average Bonchev–Trinajstić information content (AvgIpc) is 2.86. The molecule has 0 saturated carbocycles. The lowest BCUT2D eigenvalue weighted by atomic mass is 10.1. The van der Waals surface area contributed by atoms with E-state index in [-0.39, 0.29) is 6.54 Å². The highest BCUT2D eigenvalue weighted by Crippen LogP contribution is 2.43. The molecule has 3 aromatic rings. The van der Waals surface area contributed by atoms with Gasteiger partial charge in [0.05, 0.1) is 31.3 Å². The Labute approximate surface area is 152 Å². The maximum absolute atomic E-state index is 13.1. The number of hydrogen-bond acceptors (Lipinski definition) is 4. The van der Waals surface area contributed by atoms with E-state index in [1.165, 1.54) is 4.31 Å². The van der Waals surface area contributed by atoms with Gasteiger partial charge >= 0.3 is 0 Å². The summed E-state index contributed by atoms with van der Waals surface area (Å²) in [4.78, 5) is 0.365. The molecule has 0 N–H and O–H groups in total. The van der Waals surface area contributed by atoms with Crippen LogP contribution in [0.1, 0.15) is 11.1 Å². The van der Waals surface area contributed by atoms with E-state index in [4.69, 9.17) is 9.47 Å². The molecule has 4 rings (SSSR count). The Morgan fingerprint density at radius 2 is 1.62 bits per heavy atom. The van der Waals surface area contributed by atoms with Crippen LogP contribution in [-0.4, -0.2) is 22.6 Å². The molecule has 5 nitrogen and oxygen atoms in total. The van der Waals surface area contributed by atoms with E-state index >= 15 is 0 Å². The smallest absolute Gasteiger partial charge is 0.265 e. The van der Waals surface area contributed by atoms with Gasteiger partial charge in [0.1, 0.15) is 0 Å². The molecule has 0 fully saturated rings. The number of anilines is 1. The first kappa shape index (κ1) is 16.7. The molecule has 0 aliphatic carbocycles. The minimum atomic E-state index is -3.59. The van der Waals surface area contributed by atoms with Crippen molar-refractivity contribution < 1.29 is 17.9 Å². The van der Waals surface area contributed by atoms with Crippen LogP contribution in [0.5, 0.6) is 11.5 Å². The van der Waals surface area contributed by atoms with E-state index < -0.39 is 10.0 Å². The number of rotatable bonds is 4.